The zero-order chi connectivity index (χ0) is 16.1. The second-order valence-electron chi connectivity index (χ2n) is 4.97. The standard InChI is InChI=1S/C15H20FNO3S/c1-4-15(3,5-2)17-21(19,20)13-9-8-12(7-6-10-18)14(16)11-13/h8-9,11,17-18H,4-5,10H2,1-3H3. The van der Waals surface area contributed by atoms with E-state index in [9.17, 15) is 12.8 Å². The van der Waals surface area contributed by atoms with Gasteiger partial charge < -0.3 is 5.11 Å². The molecule has 0 heterocycles. The molecule has 0 unspecified atom stereocenters. The topological polar surface area (TPSA) is 66.4 Å². The Morgan fingerprint density at radius 3 is 2.43 bits per heavy atom. The van der Waals surface area contributed by atoms with Crippen molar-refractivity contribution in [1.29, 1.82) is 0 Å². The molecular formula is C15H20FNO3S. The summed E-state index contributed by atoms with van der Waals surface area (Å²) >= 11 is 0. The van der Waals surface area contributed by atoms with E-state index >= 15 is 0 Å². The lowest BCUT2D eigenvalue weighted by Gasteiger charge is -2.27. The second kappa shape index (κ2) is 7.03. The lowest BCUT2D eigenvalue weighted by Crippen LogP contribution is -2.44. The van der Waals surface area contributed by atoms with Crippen LogP contribution in [0.2, 0.25) is 0 Å². The van der Waals surface area contributed by atoms with E-state index in [1.807, 2.05) is 20.8 Å². The predicted molar refractivity (Wildman–Crippen MR) is 79.7 cm³/mol. The number of aliphatic hydroxyl groups excluding tert-OH is 1. The molecule has 0 fully saturated rings. The molecule has 0 bridgehead atoms. The third-order valence-electron chi connectivity index (χ3n) is 3.49. The average Bonchev–Trinajstić information content (AvgIpc) is 2.45. The van der Waals surface area contributed by atoms with Gasteiger partial charge in [0.05, 0.1) is 10.5 Å². The van der Waals surface area contributed by atoms with Crippen LogP contribution in [-0.2, 0) is 10.0 Å². The molecule has 21 heavy (non-hydrogen) atoms. The molecule has 4 nitrogen and oxygen atoms in total. The molecule has 0 radical (unpaired) electrons. The van der Waals surface area contributed by atoms with Gasteiger partial charge in [-0.1, -0.05) is 25.7 Å². The molecule has 116 valence electrons. The monoisotopic (exact) mass is 313 g/mol. The first-order chi connectivity index (χ1) is 9.78. The molecule has 0 aromatic heterocycles. The van der Waals surface area contributed by atoms with Crippen LogP contribution in [0.4, 0.5) is 4.39 Å². The van der Waals surface area contributed by atoms with E-state index in [0.29, 0.717) is 12.8 Å². The minimum atomic E-state index is -3.79. The zero-order valence-corrected chi connectivity index (χ0v) is 13.2. The maximum atomic E-state index is 13.8. The summed E-state index contributed by atoms with van der Waals surface area (Å²) in [6.07, 6.45) is 1.26. The van der Waals surface area contributed by atoms with Crippen LogP contribution in [0.5, 0.6) is 0 Å². The summed E-state index contributed by atoms with van der Waals surface area (Å²) in [5, 5.41) is 8.58. The number of benzene rings is 1. The third kappa shape index (κ3) is 4.53. The lowest BCUT2D eigenvalue weighted by molar-refractivity contribution is 0.350. The van der Waals surface area contributed by atoms with Crippen LogP contribution in [-0.4, -0.2) is 25.7 Å². The molecule has 0 atom stereocenters. The first-order valence-corrected chi connectivity index (χ1v) is 8.19. The Hall–Kier alpha value is -1.42. The molecular weight excluding hydrogens is 293 g/mol. The fourth-order valence-corrected chi connectivity index (χ4v) is 3.24. The van der Waals surface area contributed by atoms with E-state index in [1.54, 1.807) is 0 Å². The Labute approximate surface area is 125 Å². The van der Waals surface area contributed by atoms with Crippen LogP contribution in [0.25, 0.3) is 0 Å². The highest BCUT2D eigenvalue weighted by Gasteiger charge is 2.27. The SMILES string of the molecule is CCC(C)(CC)NS(=O)(=O)c1ccc(C#CCO)c(F)c1. The Kier molecular flexibility index (Phi) is 5.90. The normalized spacial score (nSPS) is 11.9. The van der Waals surface area contributed by atoms with Crippen molar-refractivity contribution in [2.75, 3.05) is 6.61 Å². The average molecular weight is 313 g/mol. The fourth-order valence-electron chi connectivity index (χ4n) is 1.68. The largest absolute Gasteiger partial charge is 0.384 e. The third-order valence-corrected chi connectivity index (χ3v) is 5.13. The second-order valence-corrected chi connectivity index (χ2v) is 6.66. The highest BCUT2D eigenvalue weighted by molar-refractivity contribution is 7.89. The predicted octanol–water partition coefficient (Wildman–Crippen LogP) is 2.03. The molecule has 1 aromatic carbocycles. The first kappa shape index (κ1) is 17.6. The maximum absolute atomic E-state index is 13.8. The summed E-state index contributed by atoms with van der Waals surface area (Å²) in [5.74, 6) is 4.01. The van der Waals surface area contributed by atoms with Gasteiger partial charge in [-0.05, 0) is 38.0 Å². The van der Waals surface area contributed by atoms with E-state index in [0.717, 1.165) is 6.07 Å². The van der Waals surface area contributed by atoms with Gasteiger partial charge in [0.2, 0.25) is 10.0 Å². The van der Waals surface area contributed by atoms with Crippen molar-refractivity contribution >= 4 is 10.0 Å². The minimum absolute atomic E-state index is 0.0525. The molecule has 1 aromatic rings. The fraction of sp³-hybridized carbons (Fsp3) is 0.467. The molecule has 1 rings (SSSR count). The van der Waals surface area contributed by atoms with E-state index in [4.69, 9.17) is 5.11 Å². The summed E-state index contributed by atoms with van der Waals surface area (Å²) < 4.78 is 41.0. The van der Waals surface area contributed by atoms with Gasteiger partial charge in [0, 0.05) is 5.54 Å². The van der Waals surface area contributed by atoms with E-state index in [1.165, 1.54) is 12.1 Å². The molecule has 6 heteroatoms. The molecule has 0 saturated heterocycles. The van der Waals surface area contributed by atoms with Gasteiger partial charge in [0.1, 0.15) is 12.4 Å². The van der Waals surface area contributed by atoms with Crippen LogP contribution in [0.15, 0.2) is 23.1 Å². The van der Waals surface area contributed by atoms with Gasteiger partial charge in [0.25, 0.3) is 0 Å². The smallest absolute Gasteiger partial charge is 0.241 e. The van der Waals surface area contributed by atoms with Crippen molar-refractivity contribution in [2.24, 2.45) is 0 Å². The number of nitrogens with one attached hydrogen (secondary N) is 1. The number of halogens is 1. The lowest BCUT2D eigenvalue weighted by atomic mass is 9.98. The van der Waals surface area contributed by atoms with Crippen molar-refractivity contribution in [3.8, 4) is 11.8 Å². The molecule has 0 amide bonds. The Bertz CT molecular complexity index is 655. The Morgan fingerprint density at radius 2 is 1.95 bits per heavy atom. The number of hydrogen-bond acceptors (Lipinski definition) is 3. The van der Waals surface area contributed by atoms with Crippen molar-refractivity contribution in [3.05, 3.63) is 29.6 Å². The summed E-state index contributed by atoms with van der Waals surface area (Å²) in [6.45, 7) is 5.20. The molecule has 0 saturated carbocycles. The van der Waals surface area contributed by atoms with Gasteiger partial charge in [-0.25, -0.2) is 17.5 Å². The van der Waals surface area contributed by atoms with Crippen LogP contribution in [0, 0.1) is 17.7 Å². The van der Waals surface area contributed by atoms with Crippen LogP contribution < -0.4 is 4.72 Å². The van der Waals surface area contributed by atoms with Crippen molar-refractivity contribution in [3.63, 3.8) is 0 Å². The Morgan fingerprint density at radius 1 is 1.33 bits per heavy atom. The van der Waals surface area contributed by atoms with Gasteiger partial charge in [-0.2, -0.15) is 0 Å². The Balaban J connectivity index is 3.13. The van der Waals surface area contributed by atoms with Gasteiger partial charge >= 0.3 is 0 Å². The van der Waals surface area contributed by atoms with Crippen molar-refractivity contribution in [1.82, 2.24) is 4.72 Å². The number of aliphatic hydroxyl groups is 1. The summed E-state index contributed by atoms with van der Waals surface area (Å²) in [7, 11) is -3.79. The zero-order valence-electron chi connectivity index (χ0n) is 12.4. The summed E-state index contributed by atoms with van der Waals surface area (Å²) in [5.41, 5.74) is -0.512. The van der Waals surface area contributed by atoms with Crippen LogP contribution in [0.1, 0.15) is 39.2 Å². The van der Waals surface area contributed by atoms with Crippen molar-refractivity contribution in [2.45, 2.75) is 44.0 Å². The molecule has 0 aliphatic heterocycles. The maximum Gasteiger partial charge on any atom is 0.241 e. The molecule has 0 aliphatic carbocycles. The summed E-state index contributed by atoms with van der Waals surface area (Å²) in [6, 6.07) is 3.54. The van der Waals surface area contributed by atoms with Crippen molar-refractivity contribution < 1.29 is 17.9 Å². The van der Waals surface area contributed by atoms with E-state index in [-0.39, 0.29) is 17.1 Å². The van der Waals surface area contributed by atoms with Crippen LogP contribution >= 0.6 is 0 Å². The van der Waals surface area contributed by atoms with Gasteiger partial charge in [-0.3, -0.25) is 0 Å². The van der Waals surface area contributed by atoms with Gasteiger partial charge in [0.15, 0.2) is 0 Å². The molecule has 0 aliphatic rings. The van der Waals surface area contributed by atoms with E-state index < -0.39 is 21.4 Å². The highest BCUT2D eigenvalue weighted by Crippen LogP contribution is 2.20. The van der Waals surface area contributed by atoms with E-state index in [2.05, 4.69) is 16.6 Å². The molecule has 0 spiro atoms. The van der Waals surface area contributed by atoms with Crippen LogP contribution in [0.3, 0.4) is 0 Å². The summed E-state index contributed by atoms with van der Waals surface area (Å²) in [4.78, 5) is -0.136. The quantitative estimate of drug-likeness (QED) is 0.817. The minimum Gasteiger partial charge on any atom is -0.384 e. The highest BCUT2D eigenvalue weighted by atomic mass is 32.2. The number of rotatable bonds is 5. The number of sulfonamides is 1. The molecule has 2 N–H and O–H groups in total. The van der Waals surface area contributed by atoms with Gasteiger partial charge in [-0.15, -0.1) is 0 Å². The number of hydrogen-bond donors (Lipinski definition) is 2. The first-order valence-electron chi connectivity index (χ1n) is 6.71.